The summed E-state index contributed by atoms with van der Waals surface area (Å²) in [5, 5.41) is 0. The van der Waals surface area contributed by atoms with Gasteiger partial charge in [-0.2, -0.15) is 0 Å². The highest BCUT2D eigenvalue weighted by Gasteiger charge is 2.14. The molecule has 0 spiro atoms. The fraction of sp³-hybridized carbons (Fsp3) is 0.400. The van der Waals surface area contributed by atoms with E-state index in [0.29, 0.717) is 6.54 Å². The van der Waals surface area contributed by atoms with Crippen molar-refractivity contribution in [3.63, 3.8) is 0 Å². The number of pyridine rings is 1. The van der Waals surface area contributed by atoms with Gasteiger partial charge in [-0.1, -0.05) is 0 Å². The van der Waals surface area contributed by atoms with Crippen molar-refractivity contribution < 1.29 is 4.42 Å². The molecule has 2 aromatic rings. The van der Waals surface area contributed by atoms with E-state index < -0.39 is 0 Å². The van der Waals surface area contributed by atoms with Crippen molar-refractivity contribution in [2.45, 2.75) is 33.9 Å². The molecule has 0 aromatic carbocycles. The van der Waals surface area contributed by atoms with Crippen molar-refractivity contribution in [2.24, 2.45) is 5.73 Å². The molecule has 0 saturated carbocycles. The summed E-state index contributed by atoms with van der Waals surface area (Å²) in [4.78, 5) is 6.76. The zero-order chi connectivity index (χ0) is 13.8. The van der Waals surface area contributed by atoms with Crippen molar-refractivity contribution in [3.05, 3.63) is 47.2 Å². The Bertz CT molecular complexity index is 535. The Morgan fingerprint density at radius 3 is 2.74 bits per heavy atom. The van der Waals surface area contributed by atoms with Gasteiger partial charge in [-0.25, -0.2) is 0 Å². The first kappa shape index (κ1) is 13.6. The molecule has 0 unspecified atom stereocenters. The van der Waals surface area contributed by atoms with Crippen LogP contribution in [0.4, 0.5) is 5.69 Å². The van der Waals surface area contributed by atoms with Gasteiger partial charge in [-0.05, 0) is 39.0 Å². The molecule has 0 atom stereocenters. The quantitative estimate of drug-likeness (QED) is 0.897. The molecule has 2 heterocycles. The van der Waals surface area contributed by atoms with Crippen LogP contribution >= 0.6 is 0 Å². The van der Waals surface area contributed by atoms with Crippen LogP contribution in [0, 0.1) is 13.8 Å². The van der Waals surface area contributed by atoms with Crippen LogP contribution in [0.5, 0.6) is 0 Å². The van der Waals surface area contributed by atoms with Gasteiger partial charge < -0.3 is 15.1 Å². The van der Waals surface area contributed by atoms with Gasteiger partial charge in [0.2, 0.25) is 0 Å². The summed E-state index contributed by atoms with van der Waals surface area (Å²) in [5.41, 5.74) is 10.2. The minimum atomic E-state index is 0.503. The monoisotopic (exact) mass is 259 g/mol. The van der Waals surface area contributed by atoms with Gasteiger partial charge in [-0.3, -0.25) is 4.98 Å². The van der Waals surface area contributed by atoms with Gasteiger partial charge in [-0.15, -0.1) is 0 Å². The first-order chi connectivity index (χ1) is 9.15. The van der Waals surface area contributed by atoms with E-state index in [1.165, 1.54) is 0 Å². The van der Waals surface area contributed by atoms with Crippen LogP contribution in [-0.2, 0) is 13.1 Å². The maximum absolute atomic E-state index is 5.88. The van der Waals surface area contributed by atoms with Gasteiger partial charge >= 0.3 is 0 Å². The number of aromatic nitrogens is 1. The molecule has 102 valence electrons. The van der Waals surface area contributed by atoms with Crippen LogP contribution in [0.2, 0.25) is 0 Å². The summed E-state index contributed by atoms with van der Waals surface area (Å²) >= 11 is 0. The molecular formula is C15H21N3O. The van der Waals surface area contributed by atoms with E-state index in [2.05, 4.69) is 22.9 Å². The summed E-state index contributed by atoms with van der Waals surface area (Å²) in [6, 6.07) is 6.00. The fourth-order valence-electron chi connectivity index (χ4n) is 2.33. The summed E-state index contributed by atoms with van der Waals surface area (Å²) in [6.07, 6.45) is 1.70. The molecule has 0 aliphatic rings. The third kappa shape index (κ3) is 2.96. The maximum Gasteiger partial charge on any atom is 0.123 e. The van der Waals surface area contributed by atoms with Crippen LogP contribution in [0.3, 0.4) is 0 Å². The van der Waals surface area contributed by atoms with E-state index in [4.69, 9.17) is 10.2 Å². The standard InChI is InChI=1S/C15H21N3O/c1-4-18(10-13-6-5-7-19-13)15-8-11(2)17-12(3)14(15)9-16/h5-8H,4,9-10,16H2,1-3H3. The van der Waals surface area contributed by atoms with Gasteiger partial charge in [0.25, 0.3) is 0 Å². The van der Waals surface area contributed by atoms with E-state index in [-0.39, 0.29) is 0 Å². The topological polar surface area (TPSA) is 55.3 Å². The third-order valence-electron chi connectivity index (χ3n) is 3.29. The van der Waals surface area contributed by atoms with Crippen molar-refractivity contribution in [1.82, 2.24) is 4.98 Å². The summed E-state index contributed by atoms with van der Waals surface area (Å²) in [5.74, 6) is 0.955. The first-order valence-electron chi connectivity index (χ1n) is 6.60. The number of rotatable bonds is 5. The highest BCUT2D eigenvalue weighted by atomic mass is 16.3. The second-order valence-electron chi connectivity index (χ2n) is 4.64. The number of hydrogen-bond acceptors (Lipinski definition) is 4. The third-order valence-corrected chi connectivity index (χ3v) is 3.29. The Balaban J connectivity index is 2.37. The van der Waals surface area contributed by atoms with Gasteiger partial charge in [0.15, 0.2) is 0 Å². The molecule has 0 bridgehead atoms. The average molecular weight is 259 g/mol. The van der Waals surface area contributed by atoms with E-state index in [1.807, 2.05) is 26.0 Å². The first-order valence-corrected chi connectivity index (χ1v) is 6.60. The summed E-state index contributed by atoms with van der Waals surface area (Å²) in [6.45, 7) is 8.31. The lowest BCUT2D eigenvalue weighted by Crippen LogP contribution is -2.24. The predicted octanol–water partition coefficient (Wildman–Crippen LogP) is 2.78. The molecule has 4 heteroatoms. The number of aryl methyl sites for hydroxylation is 2. The SMILES string of the molecule is CCN(Cc1ccco1)c1cc(C)nc(C)c1CN. The van der Waals surface area contributed by atoms with Gasteiger partial charge in [0, 0.05) is 35.7 Å². The molecule has 0 aliphatic carbocycles. The number of nitrogens with two attached hydrogens (primary N) is 1. The maximum atomic E-state index is 5.88. The Morgan fingerprint density at radius 2 is 2.16 bits per heavy atom. The molecule has 0 saturated heterocycles. The zero-order valence-electron chi connectivity index (χ0n) is 11.8. The van der Waals surface area contributed by atoms with Crippen molar-refractivity contribution in [1.29, 1.82) is 0 Å². The fourth-order valence-corrected chi connectivity index (χ4v) is 2.33. The highest BCUT2D eigenvalue weighted by Crippen LogP contribution is 2.25. The average Bonchev–Trinajstić information content (AvgIpc) is 2.88. The molecule has 2 aromatic heterocycles. The lowest BCUT2D eigenvalue weighted by atomic mass is 10.1. The number of hydrogen-bond donors (Lipinski definition) is 1. The second kappa shape index (κ2) is 5.89. The van der Waals surface area contributed by atoms with Crippen LogP contribution in [0.1, 0.15) is 29.6 Å². The normalized spacial score (nSPS) is 10.7. The van der Waals surface area contributed by atoms with E-state index in [1.54, 1.807) is 6.26 Å². The molecule has 0 aliphatic heterocycles. The minimum absolute atomic E-state index is 0.503. The summed E-state index contributed by atoms with van der Waals surface area (Å²) < 4.78 is 5.43. The van der Waals surface area contributed by atoms with Crippen molar-refractivity contribution in [3.8, 4) is 0 Å². The molecule has 0 fully saturated rings. The lowest BCUT2D eigenvalue weighted by Gasteiger charge is -2.25. The minimum Gasteiger partial charge on any atom is -0.467 e. The van der Waals surface area contributed by atoms with Gasteiger partial charge in [0.1, 0.15) is 5.76 Å². The predicted molar refractivity (Wildman–Crippen MR) is 77.0 cm³/mol. The van der Waals surface area contributed by atoms with Crippen LogP contribution in [-0.4, -0.2) is 11.5 Å². The molecule has 2 rings (SSSR count). The molecular weight excluding hydrogens is 238 g/mol. The second-order valence-corrected chi connectivity index (χ2v) is 4.64. The number of nitrogens with zero attached hydrogens (tertiary/aromatic N) is 2. The Morgan fingerprint density at radius 1 is 1.37 bits per heavy atom. The van der Waals surface area contributed by atoms with Crippen LogP contribution in [0.15, 0.2) is 28.9 Å². The van der Waals surface area contributed by atoms with Crippen LogP contribution in [0.25, 0.3) is 0 Å². The van der Waals surface area contributed by atoms with Gasteiger partial charge in [0.05, 0.1) is 12.8 Å². The molecule has 0 radical (unpaired) electrons. The molecule has 2 N–H and O–H groups in total. The number of furan rings is 1. The van der Waals surface area contributed by atoms with Crippen molar-refractivity contribution in [2.75, 3.05) is 11.4 Å². The molecule has 19 heavy (non-hydrogen) atoms. The smallest absolute Gasteiger partial charge is 0.123 e. The summed E-state index contributed by atoms with van der Waals surface area (Å²) in [7, 11) is 0. The Labute approximate surface area is 114 Å². The Kier molecular flexibility index (Phi) is 4.22. The highest BCUT2D eigenvalue weighted by molar-refractivity contribution is 5.56. The van der Waals surface area contributed by atoms with Crippen molar-refractivity contribution >= 4 is 5.69 Å². The van der Waals surface area contributed by atoms with E-state index in [9.17, 15) is 0 Å². The largest absolute Gasteiger partial charge is 0.467 e. The molecule has 0 amide bonds. The lowest BCUT2D eigenvalue weighted by molar-refractivity contribution is 0.503. The Hall–Kier alpha value is -1.81. The van der Waals surface area contributed by atoms with Crippen LogP contribution < -0.4 is 10.6 Å². The zero-order valence-corrected chi connectivity index (χ0v) is 11.8. The van der Waals surface area contributed by atoms with E-state index in [0.717, 1.165) is 41.5 Å². The van der Waals surface area contributed by atoms with E-state index >= 15 is 0 Å². The number of anilines is 1. The molecule has 4 nitrogen and oxygen atoms in total.